The fourth-order valence-corrected chi connectivity index (χ4v) is 3.37. The van der Waals surface area contributed by atoms with Crippen LogP contribution in [0.15, 0.2) is 30.6 Å². The Morgan fingerprint density at radius 2 is 2.33 bits per heavy atom. The summed E-state index contributed by atoms with van der Waals surface area (Å²) in [6, 6.07) is 8.63. The van der Waals surface area contributed by atoms with E-state index in [-0.39, 0.29) is 0 Å². The van der Waals surface area contributed by atoms with Gasteiger partial charge in [0, 0.05) is 43.4 Å². The van der Waals surface area contributed by atoms with Crippen LogP contribution < -0.4 is 5.32 Å². The zero-order valence-corrected chi connectivity index (χ0v) is 13.7. The van der Waals surface area contributed by atoms with Gasteiger partial charge < -0.3 is 9.72 Å². The molecule has 3 aromatic rings. The molecule has 1 aliphatic rings. The molecular formula is C18H20N6. The fraction of sp³-hybridized carbons (Fsp3) is 0.389. The molecule has 0 unspecified atom stereocenters. The maximum Gasteiger partial charge on any atom is 0.150 e. The van der Waals surface area contributed by atoms with Gasteiger partial charge in [0.25, 0.3) is 0 Å². The first-order valence-electron chi connectivity index (χ1n) is 8.43. The number of nitrogens with one attached hydrogen (secondary N) is 1. The van der Waals surface area contributed by atoms with Gasteiger partial charge in [-0.1, -0.05) is 13.0 Å². The Morgan fingerprint density at radius 3 is 3.17 bits per heavy atom. The van der Waals surface area contributed by atoms with Crippen molar-refractivity contribution >= 4 is 5.52 Å². The number of nitriles is 1. The third kappa shape index (κ3) is 2.57. The molecule has 122 valence electrons. The zero-order chi connectivity index (χ0) is 16.5. The molecule has 0 saturated heterocycles. The molecule has 24 heavy (non-hydrogen) atoms. The second kappa shape index (κ2) is 6.10. The molecular weight excluding hydrogens is 300 g/mol. The summed E-state index contributed by atoms with van der Waals surface area (Å²) in [5.74, 6) is 2.02. The van der Waals surface area contributed by atoms with Crippen LogP contribution >= 0.6 is 0 Å². The molecule has 0 aliphatic carbocycles. The molecule has 0 spiro atoms. The molecule has 0 radical (unpaired) electrons. The number of aromatic nitrogens is 4. The average molecular weight is 320 g/mol. The summed E-state index contributed by atoms with van der Waals surface area (Å²) in [6.45, 7) is 3.62. The van der Waals surface area contributed by atoms with Crippen molar-refractivity contribution in [1.82, 2.24) is 24.5 Å². The number of hydrogen-bond acceptors (Lipinski definition) is 4. The largest absolute Gasteiger partial charge is 0.322 e. The monoisotopic (exact) mass is 320 g/mol. The summed E-state index contributed by atoms with van der Waals surface area (Å²) in [7, 11) is 0. The lowest BCUT2D eigenvalue weighted by Crippen LogP contribution is -2.37. The van der Waals surface area contributed by atoms with Gasteiger partial charge in [-0.3, -0.25) is 0 Å². The number of rotatable bonds is 4. The van der Waals surface area contributed by atoms with Gasteiger partial charge in [0.1, 0.15) is 11.9 Å². The van der Waals surface area contributed by atoms with E-state index in [0.717, 1.165) is 54.1 Å². The van der Waals surface area contributed by atoms with Gasteiger partial charge >= 0.3 is 0 Å². The number of fused-ring (bicyclic) bond motifs is 2. The minimum Gasteiger partial charge on any atom is -0.322 e. The van der Waals surface area contributed by atoms with Crippen molar-refractivity contribution in [2.75, 3.05) is 0 Å². The summed E-state index contributed by atoms with van der Waals surface area (Å²) < 4.78 is 4.04. The maximum absolute atomic E-state index is 9.49. The van der Waals surface area contributed by atoms with Crippen LogP contribution in [0.25, 0.3) is 5.52 Å². The van der Waals surface area contributed by atoms with Crippen LogP contribution in [0, 0.1) is 11.3 Å². The average Bonchev–Trinajstić information content (AvgIpc) is 3.19. The van der Waals surface area contributed by atoms with E-state index in [1.165, 1.54) is 0 Å². The van der Waals surface area contributed by atoms with E-state index < -0.39 is 0 Å². The molecule has 6 nitrogen and oxygen atoms in total. The molecule has 0 bridgehead atoms. The van der Waals surface area contributed by atoms with Crippen molar-refractivity contribution in [2.24, 2.45) is 0 Å². The van der Waals surface area contributed by atoms with Gasteiger partial charge in [0.2, 0.25) is 0 Å². The first-order chi connectivity index (χ1) is 11.8. The molecule has 0 aromatic carbocycles. The van der Waals surface area contributed by atoms with E-state index in [0.29, 0.717) is 12.6 Å². The lowest BCUT2D eigenvalue weighted by molar-refractivity contribution is 0.357. The van der Waals surface area contributed by atoms with Crippen LogP contribution in [-0.4, -0.2) is 25.2 Å². The smallest absolute Gasteiger partial charge is 0.150 e. The van der Waals surface area contributed by atoms with Gasteiger partial charge in [0.05, 0.1) is 17.6 Å². The lowest BCUT2D eigenvalue weighted by Gasteiger charge is -2.23. The van der Waals surface area contributed by atoms with Crippen LogP contribution in [0.1, 0.15) is 36.1 Å². The van der Waals surface area contributed by atoms with Crippen molar-refractivity contribution in [3.8, 4) is 6.07 Å². The van der Waals surface area contributed by atoms with Crippen LogP contribution in [0.2, 0.25) is 0 Å². The van der Waals surface area contributed by atoms with Crippen LogP contribution in [-0.2, 0) is 25.9 Å². The van der Waals surface area contributed by atoms with Crippen molar-refractivity contribution < 1.29 is 0 Å². The molecule has 4 heterocycles. The predicted molar refractivity (Wildman–Crippen MR) is 90.5 cm³/mol. The molecule has 1 N–H and O–H groups in total. The Labute approximate surface area is 140 Å². The lowest BCUT2D eigenvalue weighted by atomic mass is 10.1. The van der Waals surface area contributed by atoms with E-state index in [1.807, 2.05) is 39.7 Å². The SMILES string of the molecule is CCc1nc2n(n1)C[C@H](NCc1cn3ccccc3c1C#N)CC2. The third-order valence-electron chi connectivity index (χ3n) is 4.67. The fourth-order valence-electron chi connectivity index (χ4n) is 3.37. The van der Waals surface area contributed by atoms with Crippen LogP contribution in [0.4, 0.5) is 0 Å². The molecule has 1 atom stereocenters. The molecule has 4 rings (SSSR count). The minimum atomic E-state index is 0.360. The first kappa shape index (κ1) is 14.9. The standard InChI is InChI=1S/C18H20N6/c1-2-17-21-18-7-6-14(12-24(18)22-17)20-10-13-11-23-8-4-3-5-16(23)15(13)9-19/h3-5,8,11,14,20H,2,6-7,10,12H2,1H3/t14-/m1/s1. The van der Waals surface area contributed by atoms with E-state index in [9.17, 15) is 5.26 Å². The van der Waals surface area contributed by atoms with E-state index in [4.69, 9.17) is 0 Å². The highest BCUT2D eigenvalue weighted by Crippen LogP contribution is 2.19. The third-order valence-corrected chi connectivity index (χ3v) is 4.67. The topological polar surface area (TPSA) is 70.9 Å². The van der Waals surface area contributed by atoms with Crippen molar-refractivity contribution in [1.29, 1.82) is 5.26 Å². The number of hydrogen-bond donors (Lipinski definition) is 1. The Morgan fingerprint density at radius 1 is 1.42 bits per heavy atom. The van der Waals surface area contributed by atoms with E-state index in [2.05, 4.69) is 28.4 Å². The highest BCUT2D eigenvalue weighted by molar-refractivity contribution is 5.65. The normalized spacial score (nSPS) is 16.9. The highest BCUT2D eigenvalue weighted by atomic mass is 15.4. The molecule has 0 fully saturated rings. The number of aryl methyl sites for hydroxylation is 2. The summed E-state index contributed by atoms with van der Waals surface area (Å²) in [6.07, 6.45) is 6.90. The molecule has 0 amide bonds. The van der Waals surface area contributed by atoms with Gasteiger partial charge in [-0.2, -0.15) is 10.4 Å². The predicted octanol–water partition coefficient (Wildman–Crippen LogP) is 2.07. The second-order valence-electron chi connectivity index (χ2n) is 6.23. The second-order valence-corrected chi connectivity index (χ2v) is 6.23. The van der Waals surface area contributed by atoms with Crippen LogP contribution in [0.3, 0.4) is 0 Å². The van der Waals surface area contributed by atoms with E-state index >= 15 is 0 Å². The van der Waals surface area contributed by atoms with Crippen LogP contribution in [0.5, 0.6) is 0 Å². The Hall–Kier alpha value is -2.65. The Balaban J connectivity index is 1.49. The highest BCUT2D eigenvalue weighted by Gasteiger charge is 2.21. The Bertz CT molecular complexity index is 913. The molecule has 6 heteroatoms. The zero-order valence-electron chi connectivity index (χ0n) is 13.7. The van der Waals surface area contributed by atoms with Crippen molar-refractivity contribution in [3.63, 3.8) is 0 Å². The Kier molecular flexibility index (Phi) is 3.79. The summed E-state index contributed by atoms with van der Waals surface area (Å²) in [5, 5.41) is 17.6. The van der Waals surface area contributed by atoms with Gasteiger partial charge in [-0.25, -0.2) is 9.67 Å². The quantitative estimate of drug-likeness (QED) is 0.799. The van der Waals surface area contributed by atoms with Gasteiger partial charge in [-0.15, -0.1) is 0 Å². The van der Waals surface area contributed by atoms with Gasteiger partial charge in [0.15, 0.2) is 5.82 Å². The maximum atomic E-state index is 9.49. The summed E-state index contributed by atoms with van der Waals surface area (Å²) in [4.78, 5) is 4.56. The summed E-state index contributed by atoms with van der Waals surface area (Å²) in [5.41, 5.74) is 2.77. The summed E-state index contributed by atoms with van der Waals surface area (Å²) >= 11 is 0. The van der Waals surface area contributed by atoms with Gasteiger partial charge in [-0.05, 0) is 18.6 Å². The minimum absolute atomic E-state index is 0.360. The molecule has 0 saturated carbocycles. The first-order valence-corrected chi connectivity index (χ1v) is 8.43. The number of pyridine rings is 1. The molecule has 3 aromatic heterocycles. The number of nitrogens with zero attached hydrogens (tertiary/aromatic N) is 5. The van der Waals surface area contributed by atoms with E-state index in [1.54, 1.807) is 0 Å². The van der Waals surface area contributed by atoms with Crippen molar-refractivity contribution in [2.45, 2.75) is 45.3 Å². The molecule has 1 aliphatic heterocycles. The van der Waals surface area contributed by atoms with Crippen molar-refractivity contribution in [3.05, 3.63) is 53.4 Å².